The van der Waals surface area contributed by atoms with Crippen molar-refractivity contribution in [3.05, 3.63) is 53.3 Å². The van der Waals surface area contributed by atoms with Crippen LogP contribution in [0, 0.1) is 6.92 Å². The van der Waals surface area contributed by atoms with E-state index in [9.17, 15) is 5.11 Å². The zero-order valence-electron chi connectivity index (χ0n) is 17.5. The van der Waals surface area contributed by atoms with Gasteiger partial charge in [-0.3, -0.25) is 4.98 Å². The highest BCUT2D eigenvalue weighted by atomic mass is 16.5. The lowest BCUT2D eigenvalue weighted by atomic mass is 9.98. The molecule has 2 aromatic carbocycles. The smallest absolute Gasteiger partial charge is 0.167 e. The van der Waals surface area contributed by atoms with E-state index in [1.165, 1.54) is 0 Å². The highest BCUT2D eigenvalue weighted by Gasteiger charge is 2.13. The molecule has 0 saturated carbocycles. The van der Waals surface area contributed by atoms with Gasteiger partial charge in [0.2, 0.25) is 0 Å². The summed E-state index contributed by atoms with van der Waals surface area (Å²) in [5, 5.41) is 12.1. The molecule has 0 saturated heterocycles. The lowest BCUT2D eigenvalue weighted by molar-refractivity contribution is 0.320. The Morgan fingerprint density at radius 1 is 0.964 bits per heavy atom. The summed E-state index contributed by atoms with van der Waals surface area (Å²) in [5.74, 6) is 2.05. The number of hydrogen-bond donors (Lipinski definition) is 1. The van der Waals surface area contributed by atoms with Crippen LogP contribution in [0.25, 0.3) is 10.8 Å². The van der Waals surface area contributed by atoms with E-state index in [1.807, 2.05) is 46.0 Å². The second-order valence-electron chi connectivity index (χ2n) is 6.06. The standard InChI is InChI=1S/C21H23NO4.C2H6/c1-5-26-18-7-6-16-15(11-22-12-17(16)20(18)23)9-14-8-13(2)21(25-4)19(10-14)24-3;1-2/h6-8,10-12,23H,5,9H2,1-4H3;1-2H3. The third-order valence-electron chi connectivity index (χ3n) is 4.38. The maximum absolute atomic E-state index is 10.5. The van der Waals surface area contributed by atoms with Crippen LogP contribution in [0.5, 0.6) is 23.0 Å². The molecule has 0 aliphatic heterocycles. The van der Waals surface area contributed by atoms with Crippen molar-refractivity contribution in [3.8, 4) is 23.0 Å². The molecule has 28 heavy (non-hydrogen) atoms. The third-order valence-corrected chi connectivity index (χ3v) is 4.38. The minimum atomic E-state index is 0.127. The summed E-state index contributed by atoms with van der Waals surface area (Å²) in [5.41, 5.74) is 3.12. The highest BCUT2D eigenvalue weighted by Crippen LogP contribution is 2.37. The lowest BCUT2D eigenvalue weighted by Gasteiger charge is -2.14. The normalized spacial score (nSPS) is 10.2. The van der Waals surface area contributed by atoms with E-state index in [0.717, 1.165) is 27.8 Å². The van der Waals surface area contributed by atoms with Gasteiger partial charge in [0.1, 0.15) is 0 Å². The Hall–Kier alpha value is -2.95. The first kappa shape index (κ1) is 21.4. The van der Waals surface area contributed by atoms with Crippen molar-refractivity contribution >= 4 is 10.8 Å². The molecule has 0 amide bonds. The summed E-state index contributed by atoms with van der Waals surface area (Å²) < 4.78 is 16.3. The number of phenols is 1. The molecular weight excluding hydrogens is 354 g/mol. The number of aromatic hydroxyl groups is 1. The number of ether oxygens (including phenoxy) is 3. The topological polar surface area (TPSA) is 60.8 Å². The summed E-state index contributed by atoms with van der Waals surface area (Å²) in [6, 6.07) is 7.81. The minimum absolute atomic E-state index is 0.127. The van der Waals surface area contributed by atoms with E-state index in [0.29, 0.717) is 29.9 Å². The summed E-state index contributed by atoms with van der Waals surface area (Å²) in [6.45, 7) is 8.38. The van der Waals surface area contributed by atoms with Gasteiger partial charge in [0.25, 0.3) is 0 Å². The SMILES string of the molecule is CC.CCOc1ccc2c(Cc3cc(C)c(OC)c(OC)c3)cncc2c1O. The number of aryl methyl sites for hydroxylation is 1. The van der Waals surface area contributed by atoms with Crippen molar-refractivity contribution in [2.24, 2.45) is 0 Å². The molecule has 0 fully saturated rings. The Kier molecular flexibility index (Phi) is 7.50. The fourth-order valence-electron chi connectivity index (χ4n) is 3.23. The van der Waals surface area contributed by atoms with Gasteiger partial charge in [0, 0.05) is 17.8 Å². The van der Waals surface area contributed by atoms with Crippen molar-refractivity contribution in [2.75, 3.05) is 20.8 Å². The van der Waals surface area contributed by atoms with Gasteiger partial charge in [-0.1, -0.05) is 26.0 Å². The Morgan fingerprint density at radius 3 is 2.36 bits per heavy atom. The second-order valence-corrected chi connectivity index (χ2v) is 6.06. The number of fused-ring (bicyclic) bond motifs is 1. The van der Waals surface area contributed by atoms with Gasteiger partial charge in [0.15, 0.2) is 23.0 Å². The molecule has 3 rings (SSSR count). The first-order valence-electron chi connectivity index (χ1n) is 9.51. The number of pyridine rings is 1. The van der Waals surface area contributed by atoms with E-state index in [2.05, 4.69) is 11.1 Å². The third kappa shape index (κ3) is 4.30. The predicted octanol–water partition coefficient (Wildman–Crippen LogP) is 5.28. The highest BCUT2D eigenvalue weighted by molar-refractivity contribution is 5.92. The van der Waals surface area contributed by atoms with E-state index < -0.39 is 0 Å². The van der Waals surface area contributed by atoms with Gasteiger partial charge in [0.05, 0.1) is 20.8 Å². The molecule has 5 nitrogen and oxygen atoms in total. The Bertz CT molecular complexity index is 938. The second kappa shape index (κ2) is 9.83. The monoisotopic (exact) mass is 383 g/mol. The van der Waals surface area contributed by atoms with Crippen molar-refractivity contribution in [1.82, 2.24) is 4.98 Å². The van der Waals surface area contributed by atoms with E-state index in [-0.39, 0.29) is 5.75 Å². The molecule has 5 heteroatoms. The van der Waals surface area contributed by atoms with E-state index in [4.69, 9.17) is 14.2 Å². The van der Waals surface area contributed by atoms with Gasteiger partial charge >= 0.3 is 0 Å². The number of rotatable bonds is 6. The molecule has 3 aromatic rings. The molecule has 1 aromatic heterocycles. The molecular formula is C23H29NO4. The number of benzene rings is 2. The van der Waals surface area contributed by atoms with Crippen molar-refractivity contribution in [2.45, 2.75) is 34.1 Å². The molecule has 1 heterocycles. The Balaban J connectivity index is 0.00000136. The van der Waals surface area contributed by atoms with E-state index >= 15 is 0 Å². The van der Waals surface area contributed by atoms with Crippen molar-refractivity contribution in [3.63, 3.8) is 0 Å². The zero-order valence-corrected chi connectivity index (χ0v) is 17.5. The number of phenolic OH excluding ortho intramolecular Hbond substituents is 1. The average Bonchev–Trinajstić information content (AvgIpc) is 2.71. The minimum Gasteiger partial charge on any atom is -0.504 e. The molecule has 0 unspecified atom stereocenters. The number of methoxy groups -OCH3 is 2. The van der Waals surface area contributed by atoms with Gasteiger partial charge in [-0.25, -0.2) is 0 Å². The summed E-state index contributed by atoms with van der Waals surface area (Å²) in [6.07, 6.45) is 4.16. The van der Waals surface area contributed by atoms with E-state index in [1.54, 1.807) is 26.5 Å². The zero-order chi connectivity index (χ0) is 20.7. The molecule has 0 spiro atoms. The summed E-state index contributed by atoms with van der Waals surface area (Å²) >= 11 is 0. The summed E-state index contributed by atoms with van der Waals surface area (Å²) in [4.78, 5) is 4.30. The van der Waals surface area contributed by atoms with Crippen LogP contribution in [-0.4, -0.2) is 30.9 Å². The van der Waals surface area contributed by atoms with Crippen LogP contribution in [0.15, 0.2) is 36.7 Å². The van der Waals surface area contributed by atoms with Crippen LogP contribution in [0.3, 0.4) is 0 Å². The van der Waals surface area contributed by atoms with Gasteiger partial charge in [-0.2, -0.15) is 0 Å². The molecule has 0 radical (unpaired) electrons. The molecule has 0 bridgehead atoms. The molecule has 150 valence electrons. The molecule has 0 atom stereocenters. The summed E-state index contributed by atoms with van der Waals surface area (Å²) in [7, 11) is 3.27. The lowest BCUT2D eigenvalue weighted by Crippen LogP contribution is -1.98. The first-order valence-corrected chi connectivity index (χ1v) is 9.51. The van der Waals surface area contributed by atoms with Crippen LogP contribution in [0.2, 0.25) is 0 Å². The van der Waals surface area contributed by atoms with Crippen LogP contribution < -0.4 is 14.2 Å². The van der Waals surface area contributed by atoms with Gasteiger partial charge < -0.3 is 19.3 Å². The van der Waals surface area contributed by atoms with Crippen LogP contribution >= 0.6 is 0 Å². The fraction of sp³-hybridized carbons (Fsp3) is 0.348. The molecule has 1 N–H and O–H groups in total. The average molecular weight is 383 g/mol. The Morgan fingerprint density at radius 2 is 1.71 bits per heavy atom. The van der Waals surface area contributed by atoms with Gasteiger partial charge in [-0.15, -0.1) is 0 Å². The largest absolute Gasteiger partial charge is 0.504 e. The molecule has 0 aliphatic carbocycles. The number of aromatic nitrogens is 1. The first-order chi connectivity index (χ1) is 13.6. The quantitative estimate of drug-likeness (QED) is 0.627. The van der Waals surface area contributed by atoms with Crippen molar-refractivity contribution < 1.29 is 19.3 Å². The maximum Gasteiger partial charge on any atom is 0.167 e. The van der Waals surface area contributed by atoms with Crippen LogP contribution in [0.1, 0.15) is 37.5 Å². The van der Waals surface area contributed by atoms with Gasteiger partial charge in [-0.05, 0) is 54.5 Å². The Labute approximate surface area is 166 Å². The van der Waals surface area contributed by atoms with Crippen molar-refractivity contribution in [1.29, 1.82) is 0 Å². The number of hydrogen-bond acceptors (Lipinski definition) is 5. The fourth-order valence-corrected chi connectivity index (χ4v) is 3.23. The van der Waals surface area contributed by atoms with Crippen LogP contribution in [-0.2, 0) is 6.42 Å². The predicted molar refractivity (Wildman–Crippen MR) is 113 cm³/mol. The molecule has 0 aliphatic rings. The maximum atomic E-state index is 10.5. The van der Waals surface area contributed by atoms with Crippen LogP contribution in [0.4, 0.5) is 0 Å². The number of nitrogens with zero attached hydrogens (tertiary/aromatic N) is 1.